The summed E-state index contributed by atoms with van der Waals surface area (Å²) in [6, 6.07) is 12.7. The smallest absolute Gasteiger partial charge is 0.273 e. The fourth-order valence-electron chi connectivity index (χ4n) is 3.13. The topological polar surface area (TPSA) is 87.7 Å². The van der Waals surface area contributed by atoms with E-state index in [-0.39, 0.29) is 28.0 Å². The fraction of sp³-hybridized carbons (Fsp3) is 0.318. The van der Waals surface area contributed by atoms with Crippen LogP contribution >= 0.6 is 11.8 Å². The van der Waals surface area contributed by atoms with Gasteiger partial charge in [-0.25, -0.2) is 5.01 Å². The van der Waals surface area contributed by atoms with E-state index >= 15 is 0 Å². The molecule has 3 amide bonds. The summed E-state index contributed by atoms with van der Waals surface area (Å²) in [6.45, 7) is 7.39. The number of benzene rings is 2. The molecule has 0 saturated carbocycles. The number of rotatable bonds is 6. The molecule has 30 heavy (non-hydrogen) atoms. The summed E-state index contributed by atoms with van der Waals surface area (Å²) in [5, 5.41) is 3.47. The van der Waals surface area contributed by atoms with Gasteiger partial charge in [-0.1, -0.05) is 29.8 Å². The van der Waals surface area contributed by atoms with Crippen LogP contribution in [-0.4, -0.2) is 34.6 Å². The number of hydrogen-bond acceptors (Lipinski definition) is 5. The number of amides is 3. The van der Waals surface area contributed by atoms with E-state index in [1.54, 1.807) is 18.2 Å². The quantitative estimate of drug-likeness (QED) is 0.735. The van der Waals surface area contributed by atoms with Crippen LogP contribution in [-0.2, 0) is 9.59 Å². The zero-order valence-corrected chi connectivity index (χ0v) is 18.2. The lowest BCUT2D eigenvalue weighted by Crippen LogP contribution is -2.45. The van der Waals surface area contributed by atoms with E-state index in [9.17, 15) is 14.4 Å². The van der Waals surface area contributed by atoms with Gasteiger partial charge < -0.3 is 10.1 Å². The molecule has 0 aromatic heterocycles. The molecule has 2 aromatic rings. The lowest BCUT2D eigenvalue weighted by molar-refractivity contribution is -0.132. The molecule has 2 atom stereocenters. The predicted octanol–water partition coefficient (Wildman–Crippen LogP) is 3.66. The van der Waals surface area contributed by atoms with Crippen molar-refractivity contribution in [1.82, 2.24) is 10.4 Å². The summed E-state index contributed by atoms with van der Waals surface area (Å²) in [4.78, 5) is 37.1. The summed E-state index contributed by atoms with van der Waals surface area (Å²) in [7, 11) is 0. The van der Waals surface area contributed by atoms with Crippen molar-refractivity contribution in [2.45, 2.75) is 38.3 Å². The maximum atomic E-state index is 13.0. The lowest BCUT2D eigenvalue weighted by atomic mass is 10.1. The molecule has 1 heterocycles. The Morgan fingerprint density at radius 3 is 2.50 bits per heavy atom. The number of hydrogen-bond donors (Lipinski definition) is 2. The summed E-state index contributed by atoms with van der Waals surface area (Å²) < 4.78 is 5.60. The standard InChI is InChI=1S/C22H25N3O4S/c1-5-29-19-12-17(23-15(4)26)10-11-18(19)20(27)24-25-21(28)14(3)30-22(25)16-8-6-13(2)7-9-16/h6-12,14,22H,5H2,1-4H3,(H,23,26)(H,24,27)/t14-,22-/m0/s1. The third-order valence-electron chi connectivity index (χ3n) is 4.58. The molecule has 0 radical (unpaired) electrons. The van der Waals surface area contributed by atoms with Gasteiger partial charge in [0.15, 0.2) is 0 Å². The van der Waals surface area contributed by atoms with Crippen LogP contribution in [0.2, 0.25) is 0 Å². The zero-order chi connectivity index (χ0) is 21.8. The third kappa shape index (κ3) is 4.76. The summed E-state index contributed by atoms with van der Waals surface area (Å²) in [5.74, 6) is -0.496. The number of hydrazine groups is 1. The van der Waals surface area contributed by atoms with Gasteiger partial charge in [0.1, 0.15) is 11.1 Å². The van der Waals surface area contributed by atoms with Gasteiger partial charge in [0, 0.05) is 18.7 Å². The Morgan fingerprint density at radius 2 is 1.87 bits per heavy atom. The maximum absolute atomic E-state index is 13.0. The minimum absolute atomic E-state index is 0.160. The lowest BCUT2D eigenvalue weighted by Gasteiger charge is -2.25. The van der Waals surface area contributed by atoms with Crippen molar-refractivity contribution in [3.05, 3.63) is 59.2 Å². The molecule has 2 N–H and O–H groups in total. The third-order valence-corrected chi connectivity index (χ3v) is 5.93. The summed E-state index contributed by atoms with van der Waals surface area (Å²) in [6.07, 6.45) is 0. The normalized spacial score (nSPS) is 18.3. The minimum atomic E-state index is -0.451. The number of thioether (sulfide) groups is 1. The first-order chi connectivity index (χ1) is 14.3. The highest BCUT2D eigenvalue weighted by Gasteiger charge is 2.40. The van der Waals surface area contributed by atoms with Crippen molar-refractivity contribution < 1.29 is 19.1 Å². The first-order valence-corrected chi connectivity index (χ1v) is 10.6. The van der Waals surface area contributed by atoms with Gasteiger partial charge in [-0.2, -0.15) is 0 Å². The zero-order valence-electron chi connectivity index (χ0n) is 17.4. The van der Waals surface area contributed by atoms with Gasteiger partial charge in [0.2, 0.25) is 5.91 Å². The van der Waals surface area contributed by atoms with E-state index in [1.165, 1.54) is 23.7 Å². The molecule has 0 aliphatic carbocycles. The highest BCUT2D eigenvalue weighted by Crippen LogP contribution is 2.42. The first-order valence-electron chi connectivity index (χ1n) is 9.70. The van der Waals surface area contributed by atoms with E-state index in [2.05, 4.69) is 10.7 Å². The van der Waals surface area contributed by atoms with Crippen LogP contribution in [0.15, 0.2) is 42.5 Å². The van der Waals surface area contributed by atoms with E-state index in [1.807, 2.05) is 45.0 Å². The molecule has 0 spiro atoms. The summed E-state index contributed by atoms with van der Waals surface area (Å²) >= 11 is 1.48. The molecule has 1 aliphatic rings. The van der Waals surface area contributed by atoms with Crippen molar-refractivity contribution in [2.75, 3.05) is 11.9 Å². The Labute approximate surface area is 180 Å². The molecule has 1 aliphatic heterocycles. The molecule has 8 heteroatoms. The van der Waals surface area contributed by atoms with Crippen LogP contribution in [0.3, 0.4) is 0 Å². The van der Waals surface area contributed by atoms with Gasteiger partial charge in [-0.3, -0.25) is 19.8 Å². The van der Waals surface area contributed by atoms with Gasteiger partial charge in [-0.05, 0) is 38.5 Å². The van der Waals surface area contributed by atoms with E-state index in [0.29, 0.717) is 18.0 Å². The van der Waals surface area contributed by atoms with Crippen molar-refractivity contribution in [2.24, 2.45) is 0 Å². The number of nitrogens with zero attached hydrogens (tertiary/aromatic N) is 1. The SMILES string of the molecule is CCOc1cc(NC(C)=O)ccc1C(=O)NN1C(=O)[C@H](C)S[C@H]1c1ccc(C)cc1. The molecule has 1 fully saturated rings. The Bertz CT molecular complexity index is 961. The molecule has 7 nitrogen and oxygen atoms in total. The van der Waals surface area contributed by atoms with Crippen LogP contribution in [0.1, 0.15) is 47.6 Å². The Kier molecular flexibility index (Phi) is 6.66. The molecule has 2 aromatic carbocycles. The van der Waals surface area contributed by atoms with Crippen molar-refractivity contribution in [1.29, 1.82) is 0 Å². The number of aryl methyl sites for hydroxylation is 1. The monoisotopic (exact) mass is 427 g/mol. The van der Waals surface area contributed by atoms with Crippen LogP contribution in [0.4, 0.5) is 5.69 Å². The number of nitrogens with one attached hydrogen (secondary N) is 2. The average Bonchev–Trinajstić information content (AvgIpc) is 2.97. The van der Waals surface area contributed by atoms with E-state index in [4.69, 9.17) is 4.74 Å². The second-order valence-corrected chi connectivity index (χ2v) is 8.44. The van der Waals surface area contributed by atoms with Crippen LogP contribution < -0.4 is 15.5 Å². The highest BCUT2D eigenvalue weighted by molar-refractivity contribution is 8.01. The molecule has 0 unspecified atom stereocenters. The minimum Gasteiger partial charge on any atom is -0.493 e. The van der Waals surface area contributed by atoms with Crippen molar-refractivity contribution in [3.8, 4) is 5.75 Å². The predicted molar refractivity (Wildman–Crippen MR) is 117 cm³/mol. The highest BCUT2D eigenvalue weighted by atomic mass is 32.2. The van der Waals surface area contributed by atoms with E-state index < -0.39 is 5.91 Å². The fourth-order valence-corrected chi connectivity index (χ4v) is 4.34. The second-order valence-electron chi connectivity index (χ2n) is 7.02. The number of ether oxygens (including phenoxy) is 1. The van der Waals surface area contributed by atoms with Crippen LogP contribution in [0.25, 0.3) is 0 Å². The first kappa shape index (κ1) is 21.7. The summed E-state index contributed by atoms with van der Waals surface area (Å²) in [5.41, 5.74) is 5.63. The average molecular weight is 428 g/mol. The largest absolute Gasteiger partial charge is 0.493 e. The Hall–Kier alpha value is -3.00. The maximum Gasteiger partial charge on any atom is 0.273 e. The number of carbonyl (C=O) groups is 3. The molecule has 0 bridgehead atoms. The van der Waals surface area contributed by atoms with Gasteiger partial charge in [0.25, 0.3) is 11.8 Å². The van der Waals surface area contributed by atoms with Gasteiger partial charge in [0.05, 0.1) is 17.4 Å². The second kappa shape index (κ2) is 9.21. The number of carbonyl (C=O) groups excluding carboxylic acids is 3. The number of anilines is 1. The molecule has 3 rings (SSSR count). The molecule has 1 saturated heterocycles. The molecular formula is C22H25N3O4S. The van der Waals surface area contributed by atoms with Gasteiger partial charge in [-0.15, -0.1) is 11.8 Å². The van der Waals surface area contributed by atoms with Gasteiger partial charge >= 0.3 is 0 Å². The Morgan fingerprint density at radius 1 is 1.17 bits per heavy atom. The van der Waals surface area contributed by atoms with E-state index in [0.717, 1.165) is 11.1 Å². The van der Waals surface area contributed by atoms with Crippen LogP contribution in [0, 0.1) is 6.92 Å². The van der Waals surface area contributed by atoms with Crippen molar-refractivity contribution >= 4 is 35.2 Å². The van der Waals surface area contributed by atoms with Crippen molar-refractivity contribution in [3.63, 3.8) is 0 Å². The molecule has 158 valence electrons. The van der Waals surface area contributed by atoms with Crippen LogP contribution in [0.5, 0.6) is 5.75 Å². The Balaban J connectivity index is 1.86. The molecular weight excluding hydrogens is 402 g/mol.